The summed E-state index contributed by atoms with van der Waals surface area (Å²) in [4.78, 5) is 13.1. The van der Waals surface area contributed by atoms with Crippen molar-refractivity contribution in [2.45, 2.75) is 26.8 Å². The highest BCUT2D eigenvalue weighted by atomic mass is 16.1. The number of hydrogen-bond donors (Lipinski definition) is 0. The predicted octanol–water partition coefficient (Wildman–Crippen LogP) is 1.96. The standard InChI is InChI=1S/C13H16N4O/c1-3-10(2)12(18)9-17-15-13(14-16-17)11-7-5-4-6-8-11/h4-8,10H,3,9H2,1-2H3. The summed E-state index contributed by atoms with van der Waals surface area (Å²) in [5.74, 6) is 0.721. The molecule has 0 N–H and O–H groups in total. The van der Waals surface area contributed by atoms with Crippen molar-refractivity contribution in [1.82, 2.24) is 20.2 Å². The molecule has 0 fully saturated rings. The van der Waals surface area contributed by atoms with Gasteiger partial charge in [0.05, 0.1) is 0 Å². The van der Waals surface area contributed by atoms with Gasteiger partial charge in [-0.15, -0.1) is 10.2 Å². The van der Waals surface area contributed by atoms with Crippen LogP contribution in [0.5, 0.6) is 0 Å². The molecular weight excluding hydrogens is 228 g/mol. The van der Waals surface area contributed by atoms with E-state index in [-0.39, 0.29) is 18.2 Å². The summed E-state index contributed by atoms with van der Waals surface area (Å²) in [6, 6.07) is 9.59. The number of nitrogens with zero attached hydrogens (tertiary/aromatic N) is 4. The monoisotopic (exact) mass is 244 g/mol. The quantitative estimate of drug-likeness (QED) is 0.806. The smallest absolute Gasteiger partial charge is 0.204 e. The lowest BCUT2D eigenvalue weighted by atomic mass is 10.0. The number of Topliss-reactive ketones (excluding diaryl/α,β-unsaturated/α-hetero) is 1. The van der Waals surface area contributed by atoms with Crippen LogP contribution in [0.25, 0.3) is 11.4 Å². The van der Waals surface area contributed by atoms with Gasteiger partial charge in [0.25, 0.3) is 0 Å². The number of ketones is 1. The number of hydrogen-bond acceptors (Lipinski definition) is 4. The van der Waals surface area contributed by atoms with Gasteiger partial charge in [-0.05, 0) is 11.6 Å². The zero-order chi connectivity index (χ0) is 13.0. The van der Waals surface area contributed by atoms with Crippen LogP contribution >= 0.6 is 0 Å². The van der Waals surface area contributed by atoms with Gasteiger partial charge in [-0.2, -0.15) is 4.80 Å². The molecule has 0 saturated heterocycles. The molecule has 2 rings (SSSR count). The van der Waals surface area contributed by atoms with Gasteiger partial charge in [0.15, 0.2) is 5.78 Å². The minimum absolute atomic E-state index is 0.0381. The van der Waals surface area contributed by atoms with E-state index in [1.165, 1.54) is 4.80 Å². The van der Waals surface area contributed by atoms with E-state index in [9.17, 15) is 4.79 Å². The molecule has 1 unspecified atom stereocenters. The highest BCUT2D eigenvalue weighted by Gasteiger charge is 2.13. The van der Waals surface area contributed by atoms with Crippen molar-refractivity contribution in [2.75, 3.05) is 0 Å². The molecule has 1 aromatic heterocycles. The van der Waals surface area contributed by atoms with E-state index in [4.69, 9.17) is 0 Å². The molecular formula is C13H16N4O. The molecule has 0 bridgehead atoms. The summed E-state index contributed by atoms with van der Waals surface area (Å²) in [6.45, 7) is 4.10. The number of carbonyl (C=O) groups is 1. The Kier molecular flexibility index (Phi) is 3.82. The maximum Gasteiger partial charge on any atom is 0.204 e. The van der Waals surface area contributed by atoms with E-state index in [1.54, 1.807) is 0 Å². The molecule has 1 aromatic carbocycles. The van der Waals surface area contributed by atoms with Crippen LogP contribution in [0, 0.1) is 5.92 Å². The van der Waals surface area contributed by atoms with Crippen molar-refractivity contribution in [3.05, 3.63) is 30.3 Å². The average Bonchev–Trinajstić information content (AvgIpc) is 2.87. The summed E-state index contributed by atoms with van der Waals surface area (Å²) < 4.78 is 0. The molecule has 0 aliphatic rings. The Morgan fingerprint density at radius 2 is 2.06 bits per heavy atom. The van der Waals surface area contributed by atoms with Crippen LogP contribution < -0.4 is 0 Å². The molecule has 0 spiro atoms. The minimum atomic E-state index is 0.0381. The van der Waals surface area contributed by atoms with Crippen molar-refractivity contribution >= 4 is 5.78 Å². The van der Waals surface area contributed by atoms with Crippen LogP contribution in [0.4, 0.5) is 0 Å². The second-order valence-electron chi connectivity index (χ2n) is 4.29. The van der Waals surface area contributed by atoms with Gasteiger partial charge >= 0.3 is 0 Å². The normalized spacial score (nSPS) is 12.3. The first-order valence-electron chi connectivity index (χ1n) is 6.06. The molecule has 5 heteroatoms. The van der Waals surface area contributed by atoms with E-state index in [2.05, 4.69) is 15.4 Å². The van der Waals surface area contributed by atoms with Crippen LogP contribution in [-0.2, 0) is 11.3 Å². The molecule has 1 heterocycles. The summed E-state index contributed by atoms with van der Waals surface area (Å²) in [5.41, 5.74) is 0.903. The van der Waals surface area contributed by atoms with Gasteiger partial charge in [0, 0.05) is 11.5 Å². The fraction of sp³-hybridized carbons (Fsp3) is 0.385. The highest BCUT2D eigenvalue weighted by molar-refractivity contribution is 5.80. The highest BCUT2D eigenvalue weighted by Crippen LogP contribution is 2.12. The van der Waals surface area contributed by atoms with Crippen LogP contribution in [0.2, 0.25) is 0 Å². The number of tetrazole rings is 1. The SMILES string of the molecule is CCC(C)C(=O)Cn1nnc(-c2ccccc2)n1. The Morgan fingerprint density at radius 1 is 1.33 bits per heavy atom. The minimum Gasteiger partial charge on any atom is -0.297 e. The van der Waals surface area contributed by atoms with Gasteiger partial charge < -0.3 is 0 Å². The number of benzene rings is 1. The van der Waals surface area contributed by atoms with Gasteiger partial charge in [0.2, 0.25) is 5.82 Å². The number of rotatable bonds is 5. The lowest BCUT2D eigenvalue weighted by Gasteiger charge is -2.05. The maximum atomic E-state index is 11.8. The summed E-state index contributed by atoms with van der Waals surface area (Å²) >= 11 is 0. The first kappa shape index (κ1) is 12.4. The van der Waals surface area contributed by atoms with E-state index in [0.717, 1.165) is 12.0 Å². The molecule has 5 nitrogen and oxygen atoms in total. The predicted molar refractivity (Wildman–Crippen MR) is 67.7 cm³/mol. The zero-order valence-corrected chi connectivity index (χ0v) is 10.6. The molecule has 0 amide bonds. The van der Waals surface area contributed by atoms with Crippen molar-refractivity contribution < 1.29 is 4.79 Å². The Balaban J connectivity index is 2.10. The van der Waals surface area contributed by atoms with E-state index in [1.807, 2.05) is 44.2 Å². The first-order chi connectivity index (χ1) is 8.70. The maximum absolute atomic E-state index is 11.8. The van der Waals surface area contributed by atoms with Crippen molar-refractivity contribution in [3.8, 4) is 11.4 Å². The van der Waals surface area contributed by atoms with E-state index < -0.39 is 0 Å². The summed E-state index contributed by atoms with van der Waals surface area (Å²) in [6.07, 6.45) is 0.832. The molecule has 2 aromatic rings. The van der Waals surface area contributed by atoms with E-state index in [0.29, 0.717) is 5.82 Å². The lowest BCUT2D eigenvalue weighted by molar-refractivity contribution is -0.123. The molecule has 0 aliphatic heterocycles. The lowest BCUT2D eigenvalue weighted by Crippen LogP contribution is -2.19. The molecule has 18 heavy (non-hydrogen) atoms. The molecule has 0 radical (unpaired) electrons. The Labute approximate surface area is 106 Å². The van der Waals surface area contributed by atoms with Crippen LogP contribution in [0.1, 0.15) is 20.3 Å². The Bertz CT molecular complexity index is 521. The summed E-state index contributed by atoms with van der Waals surface area (Å²) in [5, 5.41) is 12.1. The topological polar surface area (TPSA) is 60.7 Å². The second-order valence-corrected chi connectivity index (χ2v) is 4.29. The Morgan fingerprint density at radius 3 is 2.72 bits per heavy atom. The fourth-order valence-electron chi connectivity index (χ4n) is 1.54. The van der Waals surface area contributed by atoms with Crippen LogP contribution in [0.3, 0.4) is 0 Å². The molecule has 94 valence electrons. The van der Waals surface area contributed by atoms with Crippen LogP contribution in [-0.4, -0.2) is 26.0 Å². The number of aromatic nitrogens is 4. The molecule has 0 saturated carbocycles. The third-order valence-electron chi connectivity index (χ3n) is 2.94. The second kappa shape index (κ2) is 5.53. The van der Waals surface area contributed by atoms with E-state index >= 15 is 0 Å². The van der Waals surface area contributed by atoms with Gasteiger partial charge in [-0.3, -0.25) is 4.79 Å². The summed E-state index contributed by atoms with van der Waals surface area (Å²) in [7, 11) is 0. The van der Waals surface area contributed by atoms with Crippen LogP contribution in [0.15, 0.2) is 30.3 Å². The Hall–Kier alpha value is -2.04. The largest absolute Gasteiger partial charge is 0.297 e. The zero-order valence-electron chi connectivity index (χ0n) is 10.6. The third-order valence-corrected chi connectivity index (χ3v) is 2.94. The first-order valence-corrected chi connectivity index (χ1v) is 6.06. The molecule has 1 atom stereocenters. The fourth-order valence-corrected chi connectivity index (χ4v) is 1.54. The van der Waals surface area contributed by atoms with Crippen molar-refractivity contribution in [1.29, 1.82) is 0 Å². The molecule has 0 aliphatic carbocycles. The van der Waals surface area contributed by atoms with Gasteiger partial charge in [-0.25, -0.2) is 0 Å². The van der Waals surface area contributed by atoms with Crippen molar-refractivity contribution in [3.63, 3.8) is 0 Å². The van der Waals surface area contributed by atoms with Crippen molar-refractivity contribution in [2.24, 2.45) is 5.92 Å². The third kappa shape index (κ3) is 2.80. The number of carbonyl (C=O) groups excluding carboxylic acids is 1. The van der Waals surface area contributed by atoms with Gasteiger partial charge in [0.1, 0.15) is 6.54 Å². The average molecular weight is 244 g/mol. The van der Waals surface area contributed by atoms with Gasteiger partial charge in [-0.1, -0.05) is 44.2 Å².